The second-order valence-corrected chi connectivity index (χ2v) is 7.28. The SMILES string of the molecule is COC(=O)Cc1ccc(C2CCCN2C(=O)OC(C)(C)C)c(C)c1. The van der Waals surface area contributed by atoms with E-state index in [0.717, 1.165) is 29.5 Å². The van der Waals surface area contributed by atoms with Gasteiger partial charge in [-0.3, -0.25) is 4.79 Å². The topological polar surface area (TPSA) is 55.8 Å². The van der Waals surface area contributed by atoms with Gasteiger partial charge in [-0.2, -0.15) is 0 Å². The molecule has 0 saturated carbocycles. The number of nitrogens with zero attached hydrogens (tertiary/aromatic N) is 1. The Morgan fingerprint density at radius 3 is 2.58 bits per heavy atom. The van der Waals surface area contributed by atoms with Crippen molar-refractivity contribution in [2.45, 2.75) is 58.6 Å². The molecule has 1 heterocycles. The summed E-state index contributed by atoms with van der Waals surface area (Å²) in [6.45, 7) is 8.36. The van der Waals surface area contributed by atoms with E-state index in [1.807, 2.05) is 50.8 Å². The van der Waals surface area contributed by atoms with Gasteiger partial charge in [0.1, 0.15) is 5.60 Å². The molecule has 0 N–H and O–H groups in total. The van der Waals surface area contributed by atoms with E-state index in [1.54, 1.807) is 0 Å². The summed E-state index contributed by atoms with van der Waals surface area (Å²) >= 11 is 0. The summed E-state index contributed by atoms with van der Waals surface area (Å²) in [4.78, 5) is 25.7. The number of benzene rings is 1. The summed E-state index contributed by atoms with van der Waals surface area (Å²) in [5.41, 5.74) is 2.62. The van der Waals surface area contributed by atoms with Crippen LogP contribution in [0.15, 0.2) is 18.2 Å². The van der Waals surface area contributed by atoms with Crippen LogP contribution in [0.25, 0.3) is 0 Å². The molecular weight excluding hydrogens is 306 g/mol. The normalized spacial score (nSPS) is 17.7. The summed E-state index contributed by atoms with van der Waals surface area (Å²) in [6, 6.07) is 5.98. The molecule has 1 aromatic rings. The van der Waals surface area contributed by atoms with Gasteiger partial charge < -0.3 is 14.4 Å². The Morgan fingerprint density at radius 1 is 1.29 bits per heavy atom. The Balaban J connectivity index is 2.17. The van der Waals surface area contributed by atoms with Crippen LogP contribution in [0.2, 0.25) is 0 Å². The Kier molecular flexibility index (Phi) is 5.52. The highest BCUT2D eigenvalue weighted by Crippen LogP contribution is 2.35. The molecule has 1 fully saturated rings. The number of likely N-dealkylation sites (tertiary alicyclic amines) is 1. The zero-order valence-electron chi connectivity index (χ0n) is 15.2. The van der Waals surface area contributed by atoms with Crippen LogP contribution >= 0.6 is 0 Å². The van der Waals surface area contributed by atoms with Gasteiger partial charge in [0, 0.05) is 6.54 Å². The maximum atomic E-state index is 12.4. The molecular formula is C19H27NO4. The van der Waals surface area contributed by atoms with Crippen LogP contribution < -0.4 is 0 Å². The molecule has 24 heavy (non-hydrogen) atoms. The van der Waals surface area contributed by atoms with Gasteiger partial charge in [0.25, 0.3) is 0 Å². The van der Waals surface area contributed by atoms with Gasteiger partial charge in [0.05, 0.1) is 19.6 Å². The number of aryl methyl sites for hydroxylation is 1. The lowest BCUT2D eigenvalue weighted by Gasteiger charge is -2.29. The van der Waals surface area contributed by atoms with Crippen molar-refractivity contribution in [3.63, 3.8) is 0 Å². The van der Waals surface area contributed by atoms with Crippen LogP contribution in [0.1, 0.15) is 56.3 Å². The third-order valence-corrected chi connectivity index (χ3v) is 4.15. The number of carbonyl (C=O) groups excluding carboxylic acids is 2. The zero-order chi connectivity index (χ0) is 17.9. The van der Waals surface area contributed by atoms with Gasteiger partial charge in [0.15, 0.2) is 0 Å². The number of hydrogen-bond acceptors (Lipinski definition) is 4. The van der Waals surface area contributed by atoms with E-state index >= 15 is 0 Å². The first kappa shape index (κ1) is 18.3. The molecule has 5 heteroatoms. The average Bonchev–Trinajstić information content (AvgIpc) is 2.94. The largest absolute Gasteiger partial charge is 0.469 e. The molecule has 1 aliphatic rings. The first-order valence-corrected chi connectivity index (χ1v) is 8.37. The number of carbonyl (C=O) groups is 2. The van der Waals surface area contributed by atoms with Gasteiger partial charge in [-0.05, 0) is 57.2 Å². The standard InChI is InChI=1S/C19H27NO4/c1-13-11-14(12-17(21)23-5)8-9-15(13)16-7-6-10-20(16)18(22)24-19(2,3)4/h8-9,11,16H,6-7,10,12H2,1-5H3. The Bertz CT molecular complexity index is 618. The van der Waals surface area contributed by atoms with Crippen molar-refractivity contribution >= 4 is 12.1 Å². The molecule has 0 aromatic heterocycles. The lowest BCUT2D eigenvalue weighted by Crippen LogP contribution is -2.36. The minimum absolute atomic E-state index is 0.0343. The minimum Gasteiger partial charge on any atom is -0.469 e. The lowest BCUT2D eigenvalue weighted by atomic mass is 9.96. The van der Waals surface area contributed by atoms with E-state index in [4.69, 9.17) is 9.47 Å². The fraction of sp³-hybridized carbons (Fsp3) is 0.579. The van der Waals surface area contributed by atoms with Crippen LogP contribution in [-0.4, -0.2) is 36.2 Å². The fourth-order valence-corrected chi connectivity index (χ4v) is 3.09. The predicted molar refractivity (Wildman–Crippen MR) is 91.8 cm³/mol. The number of hydrogen-bond donors (Lipinski definition) is 0. The van der Waals surface area contributed by atoms with Crippen molar-refractivity contribution in [3.05, 3.63) is 34.9 Å². The van der Waals surface area contributed by atoms with E-state index < -0.39 is 5.60 Å². The van der Waals surface area contributed by atoms with E-state index in [9.17, 15) is 9.59 Å². The monoisotopic (exact) mass is 333 g/mol. The third kappa shape index (κ3) is 4.49. The van der Waals surface area contributed by atoms with Crippen LogP contribution in [-0.2, 0) is 20.7 Å². The lowest BCUT2D eigenvalue weighted by molar-refractivity contribution is -0.139. The molecule has 2 rings (SSSR count). The van der Waals surface area contributed by atoms with Crippen LogP contribution in [0, 0.1) is 6.92 Å². The molecule has 1 unspecified atom stereocenters. The maximum absolute atomic E-state index is 12.4. The van der Waals surface area contributed by atoms with E-state index in [-0.39, 0.29) is 24.5 Å². The summed E-state index contributed by atoms with van der Waals surface area (Å²) in [5, 5.41) is 0. The second-order valence-electron chi connectivity index (χ2n) is 7.28. The van der Waals surface area contributed by atoms with Gasteiger partial charge in [0.2, 0.25) is 0 Å². The van der Waals surface area contributed by atoms with Gasteiger partial charge >= 0.3 is 12.1 Å². The highest BCUT2D eigenvalue weighted by Gasteiger charge is 2.33. The third-order valence-electron chi connectivity index (χ3n) is 4.15. The number of ether oxygens (including phenoxy) is 2. The van der Waals surface area contributed by atoms with Gasteiger partial charge in [-0.1, -0.05) is 18.2 Å². The minimum atomic E-state index is -0.496. The maximum Gasteiger partial charge on any atom is 0.410 e. The van der Waals surface area contributed by atoms with E-state index in [0.29, 0.717) is 6.54 Å². The van der Waals surface area contributed by atoms with Crippen molar-refractivity contribution in [1.82, 2.24) is 4.90 Å². The Morgan fingerprint density at radius 2 is 2.00 bits per heavy atom. The van der Waals surface area contributed by atoms with Crippen molar-refractivity contribution in [3.8, 4) is 0 Å². The zero-order valence-corrected chi connectivity index (χ0v) is 15.2. The van der Waals surface area contributed by atoms with Crippen LogP contribution in [0.4, 0.5) is 4.79 Å². The highest BCUT2D eigenvalue weighted by atomic mass is 16.6. The van der Waals surface area contributed by atoms with E-state index in [1.165, 1.54) is 7.11 Å². The molecule has 0 bridgehead atoms. The summed E-state index contributed by atoms with van der Waals surface area (Å²) in [5.74, 6) is -0.251. The molecule has 1 saturated heterocycles. The molecule has 132 valence electrons. The second kappa shape index (κ2) is 7.24. The van der Waals surface area contributed by atoms with Crippen molar-refractivity contribution < 1.29 is 19.1 Å². The average molecular weight is 333 g/mol. The quantitative estimate of drug-likeness (QED) is 0.790. The Labute approximate surface area is 143 Å². The number of esters is 1. The first-order valence-electron chi connectivity index (χ1n) is 8.37. The molecule has 0 aliphatic carbocycles. The van der Waals surface area contributed by atoms with E-state index in [2.05, 4.69) is 0 Å². The molecule has 1 aliphatic heterocycles. The van der Waals surface area contributed by atoms with Crippen LogP contribution in [0.3, 0.4) is 0 Å². The number of methoxy groups -OCH3 is 1. The number of amides is 1. The molecule has 1 atom stereocenters. The molecule has 0 radical (unpaired) electrons. The number of rotatable bonds is 3. The Hall–Kier alpha value is -2.04. The molecule has 5 nitrogen and oxygen atoms in total. The molecule has 1 aromatic carbocycles. The van der Waals surface area contributed by atoms with Crippen molar-refractivity contribution in [1.29, 1.82) is 0 Å². The fourth-order valence-electron chi connectivity index (χ4n) is 3.09. The molecule has 0 spiro atoms. The van der Waals surface area contributed by atoms with Gasteiger partial charge in [-0.15, -0.1) is 0 Å². The summed E-state index contributed by atoms with van der Waals surface area (Å²) in [7, 11) is 1.39. The summed E-state index contributed by atoms with van der Waals surface area (Å²) in [6.07, 6.45) is 1.89. The highest BCUT2D eigenvalue weighted by molar-refractivity contribution is 5.72. The first-order chi connectivity index (χ1) is 11.2. The smallest absolute Gasteiger partial charge is 0.410 e. The van der Waals surface area contributed by atoms with Crippen molar-refractivity contribution in [2.24, 2.45) is 0 Å². The summed E-state index contributed by atoms with van der Waals surface area (Å²) < 4.78 is 10.2. The van der Waals surface area contributed by atoms with Crippen molar-refractivity contribution in [2.75, 3.05) is 13.7 Å². The van der Waals surface area contributed by atoms with Gasteiger partial charge in [-0.25, -0.2) is 4.79 Å². The predicted octanol–water partition coefficient (Wildman–Crippen LogP) is 3.78. The van der Waals surface area contributed by atoms with Crippen LogP contribution in [0.5, 0.6) is 0 Å². The molecule has 1 amide bonds.